The van der Waals surface area contributed by atoms with E-state index in [2.05, 4.69) is 59.7 Å². The maximum Gasteiger partial charge on any atom is 0.248 e. The molecular weight excluding hydrogens is 563 g/mol. The zero-order valence-corrected chi connectivity index (χ0v) is 25.5. The van der Waals surface area contributed by atoms with E-state index in [1.165, 1.54) is 32.9 Å². The molecule has 4 aromatic carbocycles. The van der Waals surface area contributed by atoms with Crippen molar-refractivity contribution in [1.82, 2.24) is 9.62 Å². The number of carbonyl (C=O) groups is 1. The van der Waals surface area contributed by atoms with Crippen LogP contribution in [0.15, 0.2) is 114 Å². The van der Waals surface area contributed by atoms with Crippen molar-refractivity contribution in [3.63, 3.8) is 0 Å². The predicted molar refractivity (Wildman–Crippen MR) is 173 cm³/mol. The highest BCUT2D eigenvalue weighted by Crippen LogP contribution is 2.31. The minimum Gasteiger partial charge on any atom is -0.374 e. The molecule has 5 rings (SSSR count). The van der Waals surface area contributed by atoms with Gasteiger partial charge in [-0.15, -0.1) is 11.8 Å². The highest BCUT2D eigenvalue weighted by molar-refractivity contribution is 8.02. The summed E-state index contributed by atoms with van der Waals surface area (Å²) in [4.78, 5) is 15.6. The number of nitrogens with zero attached hydrogens (tertiary/aromatic N) is 2. The van der Waals surface area contributed by atoms with Crippen LogP contribution in [0.2, 0.25) is 0 Å². The molecule has 0 aliphatic carbocycles. The molecule has 0 bridgehead atoms. The van der Waals surface area contributed by atoms with Gasteiger partial charge in [-0.3, -0.25) is 4.79 Å². The topological polar surface area (TPSA) is 69.7 Å². The third-order valence-corrected chi connectivity index (χ3v) is 10.8. The molecule has 1 saturated heterocycles. The average Bonchev–Trinajstić information content (AvgIpc) is 3.55. The van der Waals surface area contributed by atoms with Gasteiger partial charge in [0, 0.05) is 38.1 Å². The Morgan fingerprint density at radius 1 is 0.857 bits per heavy atom. The first-order valence-corrected chi connectivity index (χ1v) is 16.8. The first-order valence-electron chi connectivity index (χ1n) is 14.3. The number of benzene rings is 4. The highest BCUT2D eigenvalue weighted by atomic mass is 32.2. The molecule has 0 radical (unpaired) electrons. The van der Waals surface area contributed by atoms with Crippen molar-refractivity contribution in [3.05, 3.63) is 120 Å². The van der Waals surface area contributed by atoms with Gasteiger partial charge in [-0.05, 0) is 59.7 Å². The fourth-order valence-electron chi connectivity index (χ4n) is 5.23. The van der Waals surface area contributed by atoms with Crippen molar-refractivity contribution < 1.29 is 13.2 Å². The number of hydrogen-bond acceptors (Lipinski definition) is 5. The summed E-state index contributed by atoms with van der Waals surface area (Å²) in [6, 6.07) is 35.6. The summed E-state index contributed by atoms with van der Waals surface area (Å²) in [6.45, 7) is 1.71. The van der Waals surface area contributed by atoms with Gasteiger partial charge in [0.2, 0.25) is 15.9 Å². The molecule has 1 amide bonds. The third kappa shape index (κ3) is 7.24. The zero-order chi connectivity index (χ0) is 29.4. The number of aryl methyl sites for hydroxylation is 1. The van der Waals surface area contributed by atoms with E-state index < -0.39 is 15.4 Å². The van der Waals surface area contributed by atoms with Crippen LogP contribution in [0.1, 0.15) is 17.5 Å². The van der Waals surface area contributed by atoms with Gasteiger partial charge in [-0.1, -0.05) is 91.0 Å². The van der Waals surface area contributed by atoms with Crippen molar-refractivity contribution in [2.24, 2.45) is 0 Å². The van der Waals surface area contributed by atoms with Gasteiger partial charge in [-0.2, -0.15) is 4.31 Å². The summed E-state index contributed by atoms with van der Waals surface area (Å²) in [6.07, 6.45) is 2.55. The molecular formula is C34H37N3O3S2. The van der Waals surface area contributed by atoms with Crippen molar-refractivity contribution in [2.45, 2.75) is 29.5 Å². The maximum atomic E-state index is 13.5. The Morgan fingerprint density at radius 3 is 2.24 bits per heavy atom. The van der Waals surface area contributed by atoms with E-state index in [4.69, 9.17) is 0 Å². The predicted octanol–water partition coefficient (Wildman–Crippen LogP) is 5.85. The molecule has 0 aromatic heterocycles. The second kappa shape index (κ2) is 14.1. The SMILES string of the molecule is CN(CCc1ccccc1)c1ccccc1CCCNC(=O)C1SCCN1S(=O)(=O)c1ccc(-c2ccccc2)cc1. The fourth-order valence-corrected chi connectivity index (χ4v) is 8.33. The maximum absolute atomic E-state index is 13.5. The molecule has 0 spiro atoms. The van der Waals surface area contributed by atoms with E-state index in [0.29, 0.717) is 18.8 Å². The van der Waals surface area contributed by atoms with Crippen LogP contribution in [0, 0.1) is 0 Å². The summed E-state index contributed by atoms with van der Waals surface area (Å²) >= 11 is 1.37. The summed E-state index contributed by atoms with van der Waals surface area (Å²) in [7, 11) is -1.68. The van der Waals surface area contributed by atoms with Crippen LogP contribution in [0.5, 0.6) is 0 Å². The molecule has 1 aliphatic heterocycles. The number of amides is 1. The summed E-state index contributed by atoms with van der Waals surface area (Å²) in [5, 5.41) is 2.23. The van der Waals surface area contributed by atoms with Gasteiger partial charge in [0.25, 0.3) is 0 Å². The lowest BCUT2D eigenvalue weighted by molar-refractivity contribution is -0.122. The Kier molecular flexibility index (Phi) is 10.00. The molecule has 42 heavy (non-hydrogen) atoms. The molecule has 0 saturated carbocycles. The number of thioether (sulfide) groups is 1. The van der Waals surface area contributed by atoms with Gasteiger partial charge in [0.1, 0.15) is 5.37 Å². The summed E-state index contributed by atoms with van der Waals surface area (Å²) in [5.41, 5.74) is 5.72. The quantitative estimate of drug-likeness (QED) is 0.207. The Bertz CT molecular complexity index is 1560. The monoisotopic (exact) mass is 599 g/mol. The third-order valence-electron chi connectivity index (χ3n) is 7.54. The van der Waals surface area contributed by atoms with Crippen molar-refractivity contribution in [3.8, 4) is 11.1 Å². The lowest BCUT2D eigenvalue weighted by Gasteiger charge is -2.23. The van der Waals surface area contributed by atoms with Gasteiger partial charge < -0.3 is 10.2 Å². The number of para-hydroxylation sites is 1. The molecule has 8 heteroatoms. The fraction of sp³-hybridized carbons (Fsp3) is 0.265. The van der Waals surface area contributed by atoms with Crippen molar-refractivity contribution in [1.29, 1.82) is 0 Å². The highest BCUT2D eigenvalue weighted by Gasteiger charge is 2.40. The standard InChI is InChI=1S/C34H37N3O3S2/c1-36(24-22-27-11-4-2-5-12-27)32-17-9-8-15-30(32)16-10-23-35-33(38)34-37(25-26-41-34)42(39,40)31-20-18-29(19-21-31)28-13-6-3-7-14-28/h2-9,11-15,17-21,34H,10,16,22-26H2,1H3,(H,35,38). The number of hydrogen-bond donors (Lipinski definition) is 1. The molecule has 4 aromatic rings. The normalized spacial score (nSPS) is 15.4. The Labute approximate surface area is 253 Å². The van der Waals surface area contributed by atoms with E-state index in [1.807, 2.05) is 54.6 Å². The van der Waals surface area contributed by atoms with Crippen molar-refractivity contribution >= 4 is 33.4 Å². The molecule has 1 heterocycles. The number of carbonyl (C=O) groups excluding carboxylic acids is 1. The molecule has 1 unspecified atom stereocenters. The van der Waals surface area contributed by atoms with Crippen LogP contribution in [0.3, 0.4) is 0 Å². The molecule has 1 aliphatic rings. The van der Waals surface area contributed by atoms with E-state index >= 15 is 0 Å². The summed E-state index contributed by atoms with van der Waals surface area (Å²) < 4.78 is 28.3. The van der Waals surface area contributed by atoms with E-state index in [-0.39, 0.29) is 10.8 Å². The van der Waals surface area contributed by atoms with Gasteiger partial charge >= 0.3 is 0 Å². The Morgan fingerprint density at radius 2 is 1.50 bits per heavy atom. The second-order valence-electron chi connectivity index (χ2n) is 10.4. The largest absolute Gasteiger partial charge is 0.374 e. The smallest absolute Gasteiger partial charge is 0.248 e. The average molecular weight is 600 g/mol. The molecule has 1 N–H and O–H groups in total. The van der Waals surface area contributed by atoms with Crippen molar-refractivity contribution in [2.75, 3.05) is 37.3 Å². The van der Waals surface area contributed by atoms with Crippen LogP contribution >= 0.6 is 11.8 Å². The van der Waals surface area contributed by atoms with Crippen LogP contribution in [0.4, 0.5) is 5.69 Å². The summed E-state index contributed by atoms with van der Waals surface area (Å²) in [5.74, 6) is 0.331. The number of sulfonamides is 1. The van der Waals surface area contributed by atoms with E-state index in [9.17, 15) is 13.2 Å². The number of rotatable bonds is 12. The first-order chi connectivity index (χ1) is 20.4. The van der Waals surface area contributed by atoms with Crippen LogP contribution in [-0.4, -0.2) is 56.4 Å². The molecule has 6 nitrogen and oxygen atoms in total. The van der Waals surface area contributed by atoms with E-state index in [0.717, 1.165) is 36.9 Å². The lowest BCUT2D eigenvalue weighted by atomic mass is 10.1. The van der Waals surface area contributed by atoms with E-state index in [1.54, 1.807) is 12.1 Å². The van der Waals surface area contributed by atoms with Crippen LogP contribution in [-0.2, 0) is 27.7 Å². The molecule has 1 fully saturated rings. The van der Waals surface area contributed by atoms with Gasteiger partial charge in [-0.25, -0.2) is 8.42 Å². The van der Waals surface area contributed by atoms with Gasteiger partial charge in [0.15, 0.2) is 0 Å². The second-order valence-corrected chi connectivity index (χ2v) is 13.5. The number of nitrogens with one attached hydrogen (secondary N) is 1. The lowest BCUT2D eigenvalue weighted by Crippen LogP contribution is -2.45. The minimum absolute atomic E-state index is 0.204. The molecule has 1 atom stereocenters. The van der Waals surface area contributed by atoms with Crippen LogP contribution < -0.4 is 10.2 Å². The zero-order valence-electron chi connectivity index (χ0n) is 23.9. The van der Waals surface area contributed by atoms with Crippen LogP contribution in [0.25, 0.3) is 11.1 Å². The minimum atomic E-state index is -3.80. The van der Waals surface area contributed by atoms with Gasteiger partial charge in [0.05, 0.1) is 4.90 Å². The Hall–Kier alpha value is -3.59. The number of anilines is 1. The molecule has 218 valence electrons. The number of likely N-dealkylation sites (N-methyl/N-ethyl adjacent to an activating group) is 1. The first kappa shape index (κ1) is 29.9. The Balaban J connectivity index is 1.14.